The van der Waals surface area contributed by atoms with Crippen LogP contribution in [0.15, 0.2) is 47.6 Å². The molecule has 1 aliphatic rings. The molecular formula is C19H19ClN4O2S. The molecule has 8 heteroatoms. The van der Waals surface area contributed by atoms with Crippen molar-refractivity contribution in [1.29, 1.82) is 0 Å². The third kappa shape index (κ3) is 4.37. The van der Waals surface area contributed by atoms with Crippen LogP contribution < -0.4 is 10.2 Å². The first kappa shape index (κ1) is 18.2. The summed E-state index contributed by atoms with van der Waals surface area (Å²) in [6.45, 7) is 3.05. The van der Waals surface area contributed by atoms with Crippen LogP contribution in [0.4, 0.5) is 11.4 Å². The Bertz CT molecular complexity index is 956. The Morgan fingerprint density at radius 2 is 2.07 bits per heavy atom. The van der Waals surface area contributed by atoms with Crippen molar-refractivity contribution in [2.75, 3.05) is 42.3 Å². The molecule has 0 bridgehead atoms. The summed E-state index contributed by atoms with van der Waals surface area (Å²) in [6, 6.07) is 13.3. The SMILES string of the molecule is O=C(CSc1nc2ccc(Cl)cc2[nH]1)Nc1ccccc1N1CCOCC1. The van der Waals surface area contributed by atoms with Gasteiger partial charge in [-0.2, -0.15) is 0 Å². The Balaban J connectivity index is 1.40. The summed E-state index contributed by atoms with van der Waals surface area (Å²) in [7, 11) is 0. The predicted molar refractivity (Wildman–Crippen MR) is 110 cm³/mol. The molecule has 0 unspecified atom stereocenters. The average molecular weight is 403 g/mol. The number of morpholine rings is 1. The lowest BCUT2D eigenvalue weighted by molar-refractivity contribution is -0.113. The van der Waals surface area contributed by atoms with E-state index in [1.165, 1.54) is 11.8 Å². The molecule has 2 aromatic carbocycles. The number of ether oxygens (including phenoxy) is 1. The normalized spacial score (nSPS) is 14.5. The molecule has 1 saturated heterocycles. The van der Waals surface area contributed by atoms with Gasteiger partial charge < -0.3 is 19.9 Å². The zero-order chi connectivity index (χ0) is 18.6. The van der Waals surface area contributed by atoms with Gasteiger partial charge in [-0.3, -0.25) is 4.79 Å². The number of rotatable bonds is 5. The summed E-state index contributed by atoms with van der Waals surface area (Å²) in [6.07, 6.45) is 0. The lowest BCUT2D eigenvalue weighted by Gasteiger charge is -2.30. The summed E-state index contributed by atoms with van der Waals surface area (Å²) in [5.74, 6) is 0.199. The molecule has 6 nitrogen and oxygen atoms in total. The van der Waals surface area contributed by atoms with Gasteiger partial charge in [-0.1, -0.05) is 35.5 Å². The van der Waals surface area contributed by atoms with Gasteiger partial charge in [0.15, 0.2) is 5.16 Å². The van der Waals surface area contributed by atoms with Gasteiger partial charge in [0, 0.05) is 18.1 Å². The average Bonchev–Trinajstić information content (AvgIpc) is 3.09. The first-order valence-corrected chi connectivity index (χ1v) is 10.0. The number of aromatic nitrogens is 2. The number of fused-ring (bicyclic) bond motifs is 1. The highest BCUT2D eigenvalue weighted by atomic mass is 35.5. The van der Waals surface area contributed by atoms with E-state index in [1.54, 1.807) is 6.07 Å². The second-order valence-corrected chi connectivity index (χ2v) is 7.56. The van der Waals surface area contributed by atoms with Crippen LogP contribution in [0.25, 0.3) is 11.0 Å². The van der Waals surface area contributed by atoms with E-state index in [9.17, 15) is 4.79 Å². The van der Waals surface area contributed by atoms with E-state index < -0.39 is 0 Å². The number of nitrogens with one attached hydrogen (secondary N) is 2. The minimum absolute atomic E-state index is 0.0702. The van der Waals surface area contributed by atoms with Gasteiger partial charge in [0.2, 0.25) is 5.91 Å². The second kappa shape index (κ2) is 8.21. The number of imidazole rings is 1. The number of thioether (sulfide) groups is 1. The molecule has 0 radical (unpaired) electrons. The molecule has 27 heavy (non-hydrogen) atoms. The Hall–Kier alpha value is -2.22. The molecule has 0 spiro atoms. The highest BCUT2D eigenvalue weighted by molar-refractivity contribution is 7.99. The zero-order valence-electron chi connectivity index (χ0n) is 14.6. The quantitative estimate of drug-likeness (QED) is 0.635. The molecule has 1 aromatic heterocycles. The number of hydrogen-bond acceptors (Lipinski definition) is 5. The first-order chi connectivity index (χ1) is 13.2. The smallest absolute Gasteiger partial charge is 0.234 e. The van der Waals surface area contributed by atoms with Crippen LogP contribution in [0.2, 0.25) is 5.02 Å². The molecule has 2 N–H and O–H groups in total. The molecule has 1 amide bonds. The number of benzene rings is 2. The van der Waals surface area contributed by atoms with Gasteiger partial charge in [-0.25, -0.2) is 4.98 Å². The van der Waals surface area contributed by atoms with Crippen LogP contribution >= 0.6 is 23.4 Å². The molecule has 140 valence electrons. The summed E-state index contributed by atoms with van der Waals surface area (Å²) in [4.78, 5) is 22.3. The Kier molecular flexibility index (Phi) is 5.52. The van der Waals surface area contributed by atoms with Gasteiger partial charge >= 0.3 is 0 Å². The number of halogens is 1. The van der Waals surface area contributed by atoms with Crippen molar-refractivity contribution >= 4 is 51.7 Å². The summed E-state index contributed by atoms with van der Waals surface area (Å²) in [5.41, 5.74) is 3.54. The first-order valence-electron chi connectivity index (χ1n) is 8.69. The molecular weight excluding hydrogens is 384 g/mol. The highest BCUT2D eigenvalue weighted by Gasteiger charge is 2.16. The topological polar surface area (TPSA) is 70.2 Å². The van der Waals surface area contributed by atoms with E-state index in [-0.39, 0.29) is 11.7 Å². The lowest BCUT2D eigenvalue weighted by atomic mass is 10.2. The molecule has 1 aliphatic heterocycles. The number of para-hydroxylation sites is 2. The highest BCUT2D eigenvalue weighted by Crippen LogP contribution is 2.27. The Morgan fingerprint density at radius 3 is 2.93 bits per heavy atom. The van der Waals surface area contributed by atoms with Gasteiger partial charge in [0.25, 0.3) is 0 Å². The third-order valence-electron chi connectivity index (χ3n) is 4.29. The van der Waals surface area contributed by atoms with Gasteiger partial charge in [0.1, 0.15) is 0 Å². The standard InChI is InChI=1S/C19H19ClN4O2S/c20-13-5-6-14-16(11-13)23-19(22-14)27-12-18(25)21-15-3-1-2-4-17(15)24-7-9-26-10-8-24/h1-6,11H,7-10,12H2,(H,21,25)(H,22,23). The number of hydrogen-bond donors (Lipinski definition) is 2. The number of anilines is 2. The van der Waals surface area contributed by atoms with E-state index in [1.807, 2.05) is 36.4 Å². The van der Waals surface area contributed by atoms with Gasteiger partial charge in [0.05, 0.1) is 41.4 Å². The minimum Gasteiger partial charge on any atom is -0.378 e. The van der Waals surface area contributed by atoms with Crippen molar-refractivity contribution in [3.05, 3.63) is 47.5 Å². The van der Waals surface area contributed by atoms with Crippen molar-refractivity contribution in [1.82, 2.24) is 9.97 Å². The predicted octanol–water partition coefficient (Wildman–Crippen LogP) is 3.78. The van der Waals surface area contributed by atoms with Crippen molar-refractivity contribution in [3.63, 3.8) is 0 Å². The number of amides is 1. The number of aromatic amines is 1. The molecule has 3 aromatic rings. The molecule has 1 fully saturated rings. The maximum Gasteiger partial charge on any atom is 0.234 e. The Labute approximate surface area is 166 Å². The maximum atomic E-state index is 12.5. The fraction of sp³-hybridized carbons (Fsp3) is 0.263. The monoisotopic (exact) mass is 402 g/mol. The van der Waals surface area contributed by atoms with E-state index in [4.69, 9.17) is 16.3 Å². The fourth-order valence-corrected chi connectivity index (χ4v) is 3.86. The van der Waals surface area contributed by atoms with Crippen LogP contribution in [0, 0.1) is 0 Å². The van der Waals surface area contributed by atoms with E-state index in [0.717, 1.165) is 35.5 Å². The Morgan fingerprint density at radius 1 is 1.26 bits per heavy atom. The van der Waals surface area contributed by atoms with E-state index in [0.29, 0.717) is 23.4 Å². The zero-order valence-corrected chi connectivity index (χ0v) is 16.1. The van der Waals surface area contributed by atoms with Crippen molar-refractivity contribution < 1.29 is 9.53 Å². The minimum atomic E-state index is -0.0702. The molecule has 4 rings (SSSR count). The van der Waals surface area contributed by atoms with Crippen LogP contribution in [0.5, 0.6) is 0 Å². The molecule has 0 aliphatic carbocycles. The second-order valence-electron chi connectivity index (χ2n) is 6.16. The molecule has 2 heterocycles. The molecule has 0 atom stereocenters. The number of carbonyl (C=O) groups excluding carboxylic acids is 1. The van der Waals surface area contributed by atoms with Crippen molar-refractivity contribution in [2.45, 2.75) is 5.16 Å². The largest absolute Gasteiger partial charge is 0.378 e. The molecule has 0 saturated carbocycles. The summed E-state index contributed by atoms with van der Waals surface area (Å²) < 4.78 is 5.41. The third-order valence-corrected chi connectivity index (χ3v) is 5.40. The van der Waals surface area contributed by atoms with Crippen molar-refractivity contribution in [2.24, 2.45) is 0 Å². The summed E-state index contributed by atoms with van der Waals surface area (Å²) >= 11 is 7.36. The van der Waals surface area contributed by atoms with Gasteiger partial charge in [-0.05, 0) is 30.3 Å². The van der Waals surface area contributed by atoms with E-state index >= 15 is 0 Å². The fourth-order valence-electron chi connectivity index (χ4n) is 3.01. The number of nitrogens with zero attached hydrogens (tertiary/aromatic N) is 2. The van der Waals surface area contributed by atoms with Crippen LogP contribution in [-0.2, 0) is 9.53 Å². The lowest BCUT2D eigenvalue weighted by Crippen LogP contribution is -2.36. The van der Waals surface area contributed by atoms with Crippen LogP contribution in [0.3, 0.4) is 0 Å². The maximum absolute atomic E-state index is 12.5. The number of H-pyrrole nitrogens is 1. The van der Waals surface area contributed by atoms with Crippen LogP contribution in [-0.4, -0.2) is 47.9 Å². The van der Waals surface area contributed by atoms with Gasteiger partial charge in [-0.15, -0.1) is 0 Å². The number of carbonyl (C=O) groups is 1. The van der Waals surface area contributed by atoms with E-state index in [2.05, 4.69) is 20.2 Å². The summed E-state index contributed by atoms with van der Waals surface area (Å²) in [5, 5.41) is 4.37. The van der Waals surface area contributed by atoms with Crippen LogP contribution in [0.1, 0.15) is 0 Å². The van der Waals surface area contributed by atoms with Crippen molar-refractivity contribution in [3.8, 4) is 0 Å².